The lowest BCUT2D eigenvalue weighted by Crippen LogP contribution is -2.41. The highest BCUT2D eigenvalue weighted by Gasteiger charge is 2.19. The fourth-order valence-electron chi connectivity index (χ4n) is 2.28. The average Bonchev–Trinajstić information content (AvgIpc) is 2.61. The third kappa shape index (κ3) is 3.82. The maximum absolute atomic E-state index is 12.2. The van der Waals surface area contributed by atoms with Crippen molar-refractivity contribution in [2.75, 3.05) is 18.4 Å². The lowest BCUT2D eigenvalue weighted by molar-refractivity contribution is -0.118. The Bertz CT molecular complexity index is 465. The number of nitrogens with one attached hydrogen (secondary N) is 1. The van der Waals surface area contributed by atoms with Crippen LogP contribution in [-0.4, -0.2) is 39.7 Å². The van der Waals surface area contributed by atoms with E-state index in [2.05, 4.69) is 43.0 Å². The largest absolute Gasteiger partial charge is 0.322 e. The van der Waals surface area contributed by atoms with Crippen molar-refractivity contribution in [3.05, 3.63) is 11.4 Å². The lowest BCUT2D eigenvalue weighted by Gasteiger charge is -2.30. The van der Waals surface area contributed by atoms with Gasteiger partial charge in [0, 0.05) is 13.1 Å². The first kappa shape index (κ1) is 16.7. The zero-order chi connectivity index (χ0) is 15.4. The van der Waals surface area contributed by atoms with E-state index < -0.39 is 0 Å². The normalized spacial score (nSPS) is 13.1. The van der Waals surface area contributed by atoms with E-state index in [4.69, 9.17) is 0 Å². The molecule has 5 heteroatoms. The van der Waals surface area contributed by atoms with Crippen molar-refractivity contribution in [3.63, 3.8) is 0 Å². The summed E-state index contributed by atoms with van der Waals surface area (Å²) >= 11 is 0. The van der Waals surface area contributed by atoms with Crippen molar-refractivity contribution in [2.45, 2.75) is 47.6 Å². The van der Waals surface area contributed by atoms with Gasteiger partial charge in [0.1, 0.15) is 0 Å². The van der Waals surface area contributed by atoms with Crippen molar-refractivity contribution in [2.24, 2.45) is 13.0 Å². The summed E-state index contributed by atoms with van der Waals surface area (Å²) in [6, 6.07) is 0.391. The van der Waals surface area contributed by atoms with E-state index in [0.717, 1.165) is 23.6 Å². The van der Waals surface area contributed by atoms with E-state index in [1.807, 2.05) is 20.9 Å². The molecule has 114 valence electrons. The first-order valence-corrected chi connectivity index (χ1v) is 7.32. The smallest absolute Gasteiger partial charge is 0.238 e. The summed E-state index contributed by atoms with van der Waals surface area (Å²) in [7, 11) is 1.89. The molecule has 1 atom stereocenters. The summed E-state index contributed by atoms with van der Waals surface area (Å²) in [6.45, 7) is 13.8. The first-order chi connectivity index (χ1) is 9.27. The molecule has 0 aliphatic heterocycles. The first-order valence-electron chi connectivity index (χ1n) is 7.32. The van der Waals surface area contributed by atoms with Crippen LogP contribution in [0.15, 0.2) is 0 Å². The predicted molar refractivity (Wildman–Crippen MR) is 82.9 cm³/mol. The molecule has 0 saturated carbocycles. The van der Waals surface area contributed by atoms with E-state index in [1.165, 1.54) is 0 Å². The molecule has 1 aromatic heterocycles. The Balaban J connectivity index is 2.71. The van der Waals surface area contributed by atoms with Crippen LogP contribution in [0.4, 0.5) is 5.69 Å². The van der Waals surface area contributed by atoms with Gasteiger partial charge in [-0.25, -0.2) is 0 Å². The number of aryl methyl sites for hydroxylation is 2. The number of aromatic nitrogens is 2. The summed E-state index contributed by atoms with van der Waals surface area (Å²) < 4.78 is 1.79. The number of anilines is 1. The Morgan fingerprint density at radius 3 is 2.35 bits per heavy atom. The second-order valence-corrected chi connectivity index (χ2v) is 5.77. The molecule has 0 radical (unpaired) electrons. The van der Waals surface area contributed by atoms with E-state index in [-0.39, 0.29) is 5.91 Å². The van der Waals surface area contributed by atoms with Crippen LogP contribution < -0.4 is 5.32 Å². The molecule has 0 aliphatic rings. The zero-order valence-electron chi connectivity index (χ0n) is 13.8. The van der Waals surface area contributed by atoms with Crippen molar-refractivity contribution >= 4 is 11.6 Å². The zero-order valence-corrected chi connectivity index (χ0v) is 13.8. The summed E-state index contributed by atoms with van der Waals surface area (Å²) in [5, 5.41) is 7.31. The number of hydrogen-bond acceptors (Lipinski definition) is 3. The van der Waals surface area contributed by atoms with Gasteiger partial charge in [0.15, 0.2) is 0 Å². The van der Waals surface area contributed by atoms with Crippen molar-refractivity contribution in [1.82, 2.24) is 14.7 Å². The number of rotatable bonds is 6. The summed E-state index contributed by atoms with van der Waals surface area (Å²) in [4.78, 5) is 14.4. The molecular formula is C15H28N4O. The average molecular weight is 280 g/mol. The van der Waals surface area contributed by atoms with Gasteiger partial charge in [0.2, 0.25) is 5.91 Å². The summed E-state index contributed by atoms with van der Waals surface area (Å²) in [5.41, 5.74) is 2.68. The maximum atomic E-state index is 12.2. The molecule has 0 aromatic carbocycles. The number of hydrogen-bond donors (Lipinski definition) is 1. The molecule has 1 amide bonds. The van der Waals surface area contributed by atoms with Gasteiger partial charge in [-0.05, 0) is 33.2 Å². The van der Waals surface area contributed by atoms with Crippen LogP contribution in [0.25, 0.3) is 0 Å². The predicted octanol–water partition coefficient (Wildman–Crippen LogP) is 2.34. The Morgan fingerprint density at radius 1 is 1.35 bits per heavy atom. The molecule has 1 rings (SSSR count). The molecule has 0 aliphatic carbocycles. The van der Waals surface area contributed by atoms with Gasteiger partial charge in [-0.2, -0.15) is 5.10 Å². The molecule has 1 N–H and O–H groups in total. The van der Waals surface area contributed by atoms with Gasteiger partial charge >= 0.3 is 0 Å². The number of amides is 1. The number of carbonyl (C=O) groups is 1. The molecule has 0 unspecified atom stereocenters. The van der Waals surface area contributed by atoms with E-state index in [1.54, 1.807) is 4.68 Å². The van der Waals surface area contributed by atoms with Crippen molar-refractivity contribution in [1.29, 1.82) is 0 Å². The van der Waals surface area contributed by atoms with Gasteiger partial charge in [-0.3, -0.25) is 14.4 Å². The second-order valence-electron chi connectivity index (χ2n) is 5.77. The molecule has 1 heterocycles. The summed E-state index contributed by atoms with van der Waals surface area (Å²) in [5.74, 6) is 0.558. The van der Waals surface area contributed by atoms with Crippen LogP contribution in [0.1, 0.15) is 39.1 Å². The van der Waals surface area contributed by atoms with Crippen LogP contribution in [0, 0.1) is 19.8 Å². The molecule has 0 saturated heterocycles. The Hall–Kier alpha value is -1.36. The highest BCUT2D eigenvalue weighted by molar-refractivity contribution is 5.93. The Morgan fingerprint density at radius 2 is 1.95 bits per heavy atom. The third-order valence-electron chi connectivity index (χ3n) is 4.07. The highest BCUT2D eigenvalue weighted by Crippen LogP contribution is 2.18. The molecule has 5 nitrogen and oxygen atoms in total. The van der Waals surface area contributed by atoms with Crippen LogP contribution in [0.2, 0.25) is 0 Å². The molecule has 0 fully saturated rings. The van der Waals surface area contributed by atoms with E-state index in [9.17, 15) is 4.79 Å². The van der Waals surface area contributed by atoms with E-state index in [0.29, 0.717) is 18.5 Å². The molecular weight excluding hydrogens is 252 g/mol. The topological polar surface area (TPSA) is 50.2 Å². The minimum atomic E-state index is 0.0264. The quantitative estimate of drug-likeness (QED) is 0.870. The lowest BCUT2D eigenvalue weighted by atomic mass is 10.0. The fourth-order valence-corrected chi connectivity index (χ4v) is 2.28. The van der Waals surface area contributed by atoms with Crippen LogP contribution in [0.5, 0.6) is 0 Å². The number of carbonyl (C=O) groups excluding carboxylic acids is 1. The van der Waals surface area contributed by atoms with Crippen LogP contribution in [0.3, 0.4) is 0 Å². The van der Waals surface area contributed by atoms with Crippen molar-refractivity contribution in [3.8, 4) is 0 Å². The Kier molecular flexibility index (Phi) is 5.74. The standard InChI is InChI=1S/C15H28N4O/c1-8-19(12(5)10(2)3)9-14(20)16-15-11(4)17-18(7)13(15)6/h10,12H,8-9H2,1-7H3,(H,16,20)/t12-/m1/s1. The maximum Gasteiger partial charge on any atom is 0.238 e. The summed E-state index contributed by atoms with van der Waals surface area (Å²) in [6.07, 6.45) is 0. The van der Waals surface area contributed by atoms with Crippen LogP contribution >= 0.6 is 0 Å². The number of likely N-dealkylation sites (N-methyl/N-ethyl adjacent to an activating group) is 1. The van der Waals surface area contributed by atoms with Gasteiger partial charge < -0.3 is 5.32 Å². The Labute approximate surface area is 122 Å². The number of nitrogens with zero attached hydrogens (tertiary/aromatic N) is 3. The molecule has 0 bridgehead atoms. The minimum Gasteiger partial charge on any atom is -0.322 e. The van der Waals surface area contributed by atoms with Crippen LogP contribution in [-0.2, 0) is 11.8 Å². The molecule has 0 spiro atoms. The minimum absolute atomic E-state index is 0.0264. The monoisotopic (exact) mass is 280 g/mol. The van der Waals surface area contributed by atoms with E-state index >= 15 is 0 Å². The molecule has 20 heavy (non-hydrogen) atoms. The van der Waals surface area contributed by atoms with Gasteiger partial charge in [-0.15, -0.1) is 0 Å². The SMILES string of the molecule is CCN(CC(=O)Nc1c(C)nn(C)c1C)[C@H](C)C(C)C. The highest BCUT2D eigenvalue weighted by atomic mass is 16.2. The van der Waals surface area contributed by atoms with Gasteiger partial charge in [-0.1, -0.05) is 20.8 Å². The third-order valence-corrected chi connectivity index (χ3v) is 4.07. The van der Waals surface area contributed by atoms with Crippen molar-refractivity contribution < 1.29 is 4.79 Å². The van der Waals surface area contributed by atoms with Gasteiger partial charge in [0.25, 0.3) is 0 Å². The van der Waals surface area contributed by atoms with Gasteiger partial charge in [0.05, 0.1) is 23.6 Å². The fraction of sp³-hybridized carbons (Fsp3) is 0.733. The molecule has 1 aromatic rings. The second kappa shape index (κ2) is 6.88.